The van der Waals surface area contributed by atoms with Crippen LogP contribution in [0.3, 0.4) is 0 Å². The predicted octanol–water partition coefficient (Wildman–Crippen LogP) is 3.80. The molecule has 2 aliphatic rings. The van der Waals surface area contributed by atoms with Gasteiger partial charge in [-0.3, -0.25) is 4.79 Å². The van der Waals surface area contributed by atoms with Gasteiger partial charge >= 0.3 is 5.97 Å². The number of nitrogens with zero attached hydrogens (tertiary/aromatic N) is 6. The number of rotatable bonds is 9. The highest BCUT2D eigenvalue weighted by Crippen LogP contribution is 2.35. The molecular formula is C27H34Cl2N8O4S. The van der Waals surface area contributed by atoms with Gasteiger partial charge in [0.25, 0.3) is 5.91 Å². The minimum atomic E-state index is -1.07. The zero-order valence-electron chi connectivity index (χ0n) is 23.7. The summed E-state index contributed by atoms with van der Waals surface area (Å²) in [5.41, 5.74) is 1.52. The largest absolute Gasteiger partial charge is 0.477 e. The van der Waals surface area contributed by atoms with E-state index in [4.69, 9.17) is 32.9 Å². The molecule has 0 radical (unpaired) electrons. The van der Waals surface area contributed by atoms with E-state index in [-0.39, 0.29) is 39.3 Å². The van der Waals surface area contributed by atoms with E-state index in [1.807, 2.05) is 11.8 Å². The number of ether oxygens (including phenoxy) is 1. The minimum absolute atomic E-state index is 0.0978. The maximum Gasteiger partial charge on any atom is 0.348 e. The van der Waals surface area contributed by atoms with Crippen LogP contribution in [0.4, 0.5) is 10.9 Å². The van der Waals surface area contributed by atoms with Gasteiger partial charge in [0.15, 0.2) is 5.13 Å². The van der Waals surface area contributed by atoms with Crippen molar-refractivity contribution < 1.29 is 19.4 Å². The second-order valence-electron chi connectivity index (χ2n) is 10.2. The van der Waals surface area contributed by atoms with Gasteiger partial charge in [-0.15, -0.1) is 0 Å². The number of likely N-dealkylation sites (N-methyl/N-ethyl adjacent to an activating group) is 1. The van der Waals surface area contributed by atoms with Gasteiger partial charge in [-0.25, -0.2) is 19.7 Å². The smallest absolute Gasteiger partial charge is 0.348 e. The summed E-state index contributed by atoms with van der Waals surface area (Å²) >= 11 is 13.5. The number of aromatic carboxylic acids is 1. The number of piperidine rings is 1. The average Bonchev–Trinajstić information content (AvgIpc) is 3.56. The Labute approximate surface area is 258 Å². The van der Waals surface area contributed by atoms with Gasteiger partial charge in [0.2, 0.25) is 0 Å². The summed E-state index contributed by atoms with van der Waals surface area (Å²) in [6.07, 6.45) is 3.48. The summed E-state index contributed by atoms with van der Waals surface area (Å²) < 4.78 is 6.00. The monoisotopic (exact) mass is 636 g/mol. The molecule has 1 amide bonds. The van der Waals surface area contributed by atoms with Gasteiger partial charge in [0, 0.05) is 51.6 Å². The van der Waals surface area contributed by atoms with E-state index >= 15 is 0 Å². The molecule has 2 fully saturated rings. The second kappa shape index (κ2) is 13.1. The number of hydrogen-bond acceptors (Lipinski definition) is 10. The first-order valence-electron chi connectivity index (χ1n) is 13.9. The van der Waals surface area contributed by atoms with Crippen molar-refractivity contribution in [2.75, 3.05) is 62.2 Å². The molecule has 0 aliphatic carbocycles. The Hall–Kier alpha value is -2.97. The molecule has 2 saturated heterocycles. The van der Waals surface area contributed by atoms with Crippen molar-refractivity contribution in [3.8, 4) is 11.4 Å². The average molecular weight is 638 g/mol. The number of anilines is 2. The Balaban J connectivity index is 1.31. The lowest BCUT2D eigenvalue weighted by atomic mass is 10.0. The number of aromatic nitrogens is 4. The Morgan fingerprint density at radius 1 is 1.12 bits per heavy atom. The summed E-state index contributed by atoms with van der Waals surface area (Å²) in [5.74, 6) is -0.670. The van der Waals surface area contributed by atoms with Crippen molar-refractivity contribution in [1.29, 1.82) is 0 Å². The lowest BCUT2D eigenvalue weighted by molar-refractivity contribution is 0.0272. The number of carboxylic acid groups (broad SMARTS) is 1. The van der Waals surface area contributed by atoms with Gasteiger partial charge in [-0.05, 0) is 26.8 Å². The molecule has 0 aromatic carbocycles. The fourth-order valence-electron chi connectivity index (χ4n) is 5.27. The van der Waals surface area contributed by atoms with Crippen molar-refractivity contribution in [3.05, 3.63) is 38.7 Å². The van der Waals surface area contributed by atoms with Crippen LogP contribution in [0.1, 0.15) is 46.1 Å². The maximum atomic E-state index is 13.0. The van der Waals surface area contributed by atoms with Crippen LogP contribution in [0.5, 0.6) is 0 Å². The molecule has 3 aromatic rings. The molecule has 0 bridgehead atoms. The van der Waals surface area contributed by atoms with Crippen LogP contribution in [0, 0.1) is 6.92 Å². The number of nitrogens with one attached hydrogen (secondary N) is 2. The van der Waals surface area contributed by atoms with Crippen molar-refractivity contribution in [3.63, 3.8) is 0 Å². The van der Waals surface area contributed by atoms with Crippen molar-refractivity contribution in [2.45, 2.75) is 39.3 Å². The van der Waals surface area contributed by atoms with Gasteiger partial charge in [-0.1, -0.05) is 41.5 Å². The van der Waals surface area contributed by atoms with Crippen LogP contribution in [-0.4, -0.2) is 106 Å². The molecule has 226 valence electrons. The Bertz CT molecular complexity index is 1420. The first-order chi connectivity index (χ1) is 20.2. The molecule has 0 unspecified atom stereocenters. The third kappa shape index (κ3) is 6.35. The van der Waals surface area contributed by atoms with Gasteiger partial charge < -0.3 is 34.8 Å². The van der Waals surface area contributed by atoms with Crippen LogP contribution in [-0.2, 0) is 4.74 Å². The molecule has 15 heteroatoms. The SMILES string of the molecule is CCO[C@H]1CN(c2nc(-c3cnc(N4CCN(CC)CC4)cn3)c(C(=O)O)s2)CC[C@H]1NC(=O)c1[nH]c(C)c(Cl)c1Cl. The number of carbonyl (C=O) groups excluding carboxylic acids is 1. The van der Waals surface area contributed by atoms with E-state index in [2.05, 4.69) is 37.0 Å². The van der Waals surface area contributed by atoms with E-state index in [9.17, 15) is 14.7 Å². The van der Waals surface area contributed by atoms with Gasteiger partial charge in [-0.2, -0.15) is 0 Å². The molecule has 3 N–H and O–H groups in total. The zero-order valence-corrected chi connectivity index (χ0v) is 26.0. The molecule has 5 rings (SSSR count). The number of carboxylic acids is 1. The van der Waals surface area contributed by atoms with E-state index < -0.39 is 5.97 Å². The maximum absolute atomic E-state index is 13.0. The second-order valence-corrected chi connectivity index (χ2v) is 12.0. The van der Waals surface area contributed by atoms with Gasteiger partial charge in [0.1, 0.15) is 27.8 Å². The van der Waals surface area contributed by atoms with Crippen molar-refractivity contribution >= 4 is 57.4 Å². The highest BCUT2D eigenvalue weighted by atomic mass is 35.5. The van der Waals surface area contributed by atoms with E-state index in [0.717, 1.165) is 49.9 Å². The third-order valence-electron chi connectivity index (χ3n) is 7.64. The number of amides is 1. The molecule has 0 spiro atoms. The lowest BCUT2D eigenvalue weighted by Gasteiger charge is -2.38. The first-order valence-corrected chi connectivity index (χ1v) is 15.5. The van der Waals surface area contributed by atoms with E-state index in [1.165, 1.54) is 0 Å². The lowest BCUT2D eigenvalue weighted by Crippen LogP contribution is -2.55. The zero-order chi connectivity index (χ0) is 30.0. The molecule has 12 nitrogen and oxygen atoms in total. The van der Waals surface area contributed by atoms with Crippen LogP contribution in [0.2, 0.25) is 10.0 Å². The number of aryl methyl sites for hydroxylation is 1. The van der Waals surface area contributed by atoms with Crippen molar-refractivity contribution in [2.24, 2.45) is 0 Å². The summed E-state index contributed by atoms with van der Waals surface area (Å²) in [5, 5.41) is 14.0. The van der Waals surface area contributed by atoms with Crippen molar-refractivity contribution in [1.82, 2.24) is 30.2 Å². The topological polar surface area (TPSA) is 140 Å². The molecule has 3 aromatic heterocycles. The Morgan fingerprint density at radius 3 is 2.48 bits per heavy atom. The third-order valence-corrected chi connectivity index (χ3v) is 9.69. The number of aromatic amines is 1. The molecule has 2 aliphatic heterocycles. The first kappa shape index (κ1) is 30.5. The number of halogens is 2. The molecule has 42 heavy (non-hydrogen) atoms. The molecule has 5 heterocycles. The van der Waals surface area contributed by atoms with Crippen LogP contribution >= 0.6 is 34.5 Å². The number of piperazine rings is 1. The van der Waals surface area contributed by atoms with E-state index in [1.54, 1.807) is 19.3 Å². The predicted molar refractivity (Wildman–Crippen MR) is 163 cm³/mol. The Morgan fingerprint density at radius 2 is 1.88 bits per heavy atom. The fraction of sp³-hybridized carbons (Fsp3) is 0.519. The molecule has 2 atom stereocenters. The molecular weight excluding hydrogens is 603 g/mol. The van der Waals surface area contributed by atoms with Crippen LogP contribution < -0.4 is 15.1 Å². The summed E-state index contributed by atoms with van der Waals surface area (Å²) in [6, 6.07) is -0.289. The number of carbonyl (C=O) groups is 2. The standard InChI is InChI=1S/C27H34Cl2N8O4S/c1-4-35-8-10-36(11-9-35)19-13-30-17(12-31-19)22-24(26(39)40)42-27(34-22)37-7-6-16(18(14-37)41-5-2)33-25(38)23-21(29)20(28)15(3)32-23/h12-13,16,18,32H,4-11,14H2,1-3H3,(H,33,38)(H,39,40)/t16-,18+/m1/s1. The highest BCUT2D eigenvalue weighted by Gasteiger charge is 2.34. The Kier molecular flexibility index (Phi) is 9.53. The molecule has 0 saturated carbocycles. The summed E-state index contributed by atoms with van der Waals surface area (Å²) in [7, 11) is 0. The summed E-state index contributed by atoms with van der Waals surface area (Å²) in [6.45, 7) is 11.9. The van der Waals surface area contributed by atoms with E-state index in [0.29, 0.717) is 47.7 Å². The van der Waals surface area contributed by atoms with Crippen LogP contribution in [0.15, 0.2) is 12.4 Å². The number of thiazole rings is 1. The number of H-pyrrole nitrogens is 1. The van der Waals surface area contributed by atoms with Crippen LogP contribution in [0.25, 0.3) is 11.4 Å². The fourth-order valence-corrected chi connectivity index (χ4v) is 6.63. The minimum Gasteiger partial charge on any atom is -0.477 e. The normalized spacial score (nSPS) is 19.7. The highest BCUT2D eigenvalue weighted by molar-refractivity contribution is 7.17. The quantitative estimate of drug-likeness (QED) is 0.318. The van der Waals surface area contributed by atoms with Gasteiger partial charge in [0.05, 0.1) is 34.6 Å². The number of hydrogen-bond donors (Lipinski definition) is 3. The summed E-state index contributed by atoms with van der Waals surface area (Å²) in [4.78, 5) is 48.6.